The van der Waals surface area contributed by atoms with Crippen LogP contribution in [0.4, 0.5) is 5.69 Å². The van der Waals surface area contributed by atoms with E-state index >= 15 is 0 Å². The highest BCUT2D eigenvalue weighted by atomic mass is 16.5. The van der Waals surface area contributed by atoms with E-state index in [0.717, 1.165) is 0 Å². The molecule has 0 aromatic heterocycles. The lowest BCUT2D eigenvalue weighted by Gasteiger charge is -2.12. The number of hydrogen-bond donors (Lipinski definition) is 3. The van der Waals surface area contributed by atoms with Crippen molar-refractivity contribution in [1.82, 2.24) is 0 Å². The summed E-state index contributed by atoms with van der Waals surface area (Å²) in [5, 5.41) is 17.7. The summed E-state index contributed by atoms with van der Waals surface area (Å²) in [6, 6.07) is 4.44. The zero-order valence-corrected chi connectivity index (χ0v) is 9.01. The number of nitrogens with two attached hydrogens (primary N) is 1. The summed E-state index contributed by atoms with van der Waals surface area (Å²) in [4.78, 5) is 10.9. The lowest BCUT2D eigenvalue weighted by molar-refractivity contribution is 0.0690. The van der Waals surface area contributed by atoms with Crippen molar-refractivity contribution in [2.75, 3.05) is 18.9 Å². The largest absolute Gasteiger partial charge is 0.492 e. The summed E-state index contributed by atoms with van der Waals surface area (Å²) in [6.45, 7) is 2.07. The zero-order chi connectivity index (χ0) is 12.1. The third-order valence-electron chi connectivity index (χ3n) is 2.07. The first-order chi connectivity index (χ1) is 7.54. The van der Waals surface area contributed by atoms with Crippen LogP contribution in [0.1, 0.15) is 17.3 Å². The van der Waals surface area contributed by atoms with E-state index in [1.807, 2.05) is 0 Å². The van der Waals surface area contributed by atoms with Gasteiger partial charge in [-0.3, -0.25) is 0 Å². The minimum absolute atomic E-state index is 0.00260. The van der Waals surface area contributed by atoms with Gasteiger partial charge in [0.2, 0.25) is 0 Å². The number of aliphatic hydroxyl groups excluding tert-OH is 1. The van der Waals surface area contributed by atoms with E-state index in [1.165, 1.54) is 12.1 Å². The molecule has 1 unspecified atom stereocenters. The van der Waals surface area contributed by atoms with E-state index in [-0.39, 0.29) is 30.4 Å². The Kier molecular flexibility index (Phi) is 4.13. The lowest BCUT2D eigenvalue weighted by Crippen LogP contribution is -2.14. The Morgan fingerprint density at radius 1 is 1.56 bits per heavy atom. The SMILES string of the molecule is CC(CO)COc1ccc(N)cc1C(=O)O. The fourth-order valence-electron chi connectivity index (χ4n) is 1.13. The maximum Gasteiger partial charge on any atom is 0.339 e. The van der Waals surface area contributed by atoms with Gasteiger partial charge in [0.25, 0.3) is 0 Å². The molecule has 88 valence electrons. The molecule has 0 aliphatic heterocycles. The van der Waals surface area contributed by atoms with Crippen molar-refractivity contribution in [3.63, 3.8) is 0 Å². The average Bonchev–Trinajstić information content (AvgIpc) is 2.26. The van der Waals surface area contributed by atoms with Crippen LogP contribution in [0.3, 0.4) is 0 Å². The minimum atomic E-state index is -1.08. The summed E-state index contributed by atoms with van der Waals surface area (Å²) in [6.07, 6.45) is 0. The highest BCUT2D eigenvalue weighted by molar-refractivity contribution is 5.92. The van der Waals surface area contributed by atoms with Gasteiger partial charge in [-0.1, -0.05) is 6.92 Å². The van der Waals surface area contributed by atoms with Crippen LogP contribution in [0, 0.1) is 5.92 Å². The molecule has 1 rings (SSSR count). The number of hydrogen-bond acceptors (Lipinski definition) is 4. The number of rotatable bonds is 5. The molecular formula is C11H15NO4. The van der Waals surface area contributed by atoms with Gasteiger partial charge in [-0.2, -0.15) is 0 Å². The Balaban J connectivity index is 2.82. The molecule has 1 aromatic carbocycles. The Bertz CT molecular complexity index is 378. The van der Waals surface area contributed by atoms with E-state index in [1.54, 1.807) is 13.0 Å². The molecule has 16 heavy (non-hydrogen) atoms. The molecule has 0 bridgehead atoms. The van der Waals surface area contributed by atoms with Gasteiger partial charge < -0.3 is 20.7 Å². The number of anilines is 1. The fourth-order valence-corrected chi connectivity index (χ4v) is 1.13. The first-order valence-corrected chi connectivity index (χ1v) is 4.91. The van der Waals surface area contributed by atoms with E-state index in [0.29, 0.717) is 5.69 Å². The third-order valence-corrected chi connectivity index (χ3v) is 2.07. The summed E-state index contributed by atoms with van der Waals surface area (Å²) in [5.74, 6) is -0.861. The molecule has 0 saturated heterocycles. The van der Waals surface area contributed by atoms with Crippen molar-refractivity contribution in [2.24, 2.45) is 5.92 Å². The van der Waals surface area contributed by atoms with Gasteiger partial charge in [-0.05, 0) is 18.2 Å². The number of benzene rings is 1. The number of aliphatic hydroxyl groups is 1. The van der Waals surface area contributed by atoms with Gasteiger partial charge in [0.05, 0.1) is 6.61 Å². The summed E-state index contributed by atoms with van der Waals surface area (Å²) in [7, 11) is 0. The van der Waals surface area contributed by atoms with Gasteiger partial charge in [0.1, 0.15) is 11.3 Å². The van der Waals surface area contributed by atoms with Crippen LogP contribution in [0.5, 0.6) is 5.75 Å². The summed E-state index contributed by atoms with van der Waals surface area (Å²) < 4.78 is 5.31. The number of carbonyl (C=O) groups is 1. The second-order valence-corrected chi connectivity index (χ2v) is 3.66. The Morgan fingerprint density at radius 2 is 2.25 bits per heavy atom. The first-order valence-electron chi connectivity index (χ1n) is 4.91. The van der Waals surface area contributed by atoms with E-state index in [2.05, 4.69) is 0 Å². The number of aromatic carboxylic acids is 1. The molecule has 1 atom stereocenters. The second kappa shape index (κ2) is 5.37. The molecule has 0 aliphatic rings. The number of nitrogen functional groups attached to an aromatic ring is 1. The maximum absolute atomic E-state index is 10.9. The van der Waals surface area contributed by atoms with Crippen molar-refractivity contribution < 1.29 is 19.7 Å². The molecule has 0 spiro atoms. The first kappa shape index (κ1) is 12.3. The van der Waals surface area contributed by atoms with Gasteiger partial charge in [-0.15, -0.1) is 0 Å². The lowest BCUT2D eigenvalue weighted by atomic mass is 10.1. The smallest absolute Gasteiger partial charge is 0.339 e. The van der Waals surface area contributed by atoms with Gasteiger partial charge in [0, 0.05) is 18.2 Å². The summed E-state index contributed by atoms with van der Waals surface area (Å²) >= 11 is 0. The molecule has 0 radical (unpaired) electrons. The second-order valence-electron chi connectivity index (χ2n) is 3.66. The number of carboxylic acid groups (broad SMARTS) is 1. The monoisotopic (exact) mass is 225 g/mol. The Hall–Kier alpha value is -1.75. The Morgan fingerprint density at radius 3 is 2.81 bits per heavy atom. The Labute approximate surface area is 93.5 Å². The molecule has 0 heterocycles. The van der Waals surface area contributed by atoms with Crippen LogP contribution in [0.2, 0.25) is 0 Å². The topological polar surface area (TPSA) is 92.8 Å². The zero-order valence-electron chi connectivity index (χ0n) is 9.01. The van der Waals surface area contributed by atoms with Crippen LogP contribution in [-0.4, -0.2) is 29.4 Å². The van der Waals surface area contributed by atoms with Crippen LogP contribution >= 0.6 is 0 Å². The molecule has 4 N–H and O–H groups in total. The van der Waals surface area contributed by atoms with Gasteiger partial charge in [-0.25, -0.2) is 4.79 Å². The molecule has 0 amide bonds. The number of carboxylic acids is 1. The quantitative estimate of drug-likeness (QED) is 0.649. The van der Waals surface area contributed by atoms with Crippen LogP contribution in [-0.2, 0) is 0 Å². The highest BCUT2D eigenvalue weighted by Gasteiger charge is 2.12. The normalized spacial score (nSPS) is 12.1. The molecule has 1 aromatic rings. The van der Waals surface area contributed by atoms with Crippen molar-refractivity contribution in [2.45, 2.75) is 6.92 Å². The molecule has 0 fully saturated rings. The predicted molar refractivity (Wildman–Crippen MR) is 59.6 cm³/mol. The average molecular weight is 225 g/mol. The molecular weight excluding hydrogens is 210 g/mol. The van der Waals surface area contributed by atoms with Crippen molar-refractivity contribution in [3.8, 4) is 5.75 Å². The van der Waals surface area contributed by atoms with Crippen LogP contribution in [0.15, 0.2) is 18.2 Å². The highest BCUT2D eigenvalue weighted by Crippen LogP contribution is 2.21. The van der Waals surface area contributed by atoms with Crippen LogP contribution in [0.25, 0.3) is 0 Å². The van der Waals surface area contributed by atoms with E-state index in [4.69, 9.17) is 20.7 Å². The van der Waals surface area contributed by atoms with E-state index < -0.39 is 5.97 Å². The summed E-state index contributed by atoms with van der Waals surface area (Å²) in [5.41, 5.74) is 5.90. The van der Waals surface area contributed by atoms with Crippen molar-refractivity contribution in [1.29, 1.82) is 0 Å². The van der Waals surface area contributed by atoms with Crippen molar-refractivity contribution in [3.05, 3.63) is 23.8 Å². The maximum atomic E-state index is 10.9. The number of ether oxygens (including phenoxy) is 1. The standard InChI is InChI=1S/C11H15NO4/c1-7(5-13)6-16-10-3-2-8(12)4-9(10)11(14)15/h2-4,7,13H,5-6,12H2,1H3,(H,14,15). The molecule has 0 saturated carbocycles. The molecule has 5 heteroatoms. The third kappa shape index (κ3) is 3.13. The van der Waals surface area contributed by atoms with Gasteiger partial charge in [0.15, 0.2) is 0 Å². The predicted octanol–water partition coefficient (Wildman–Crippen LogP) is 0.974. The molecule has 5 nitrogen and oxygen atoms in total. The van der Waals surface area contributed by atoms with Crippen LogP contribution < -0.4 is 10.5 Å². The van der Waals surface area contributed by atoms with E-state index in [9.17, 15) is 4.79 Å². The molecule has 0 aliphatic carbocycles. The van der Waals surface area contributed by atoms with Crippen molar-refractivity contribution >= 4 is 11.7 Å². The fraction of sp³-hybridized carbons (Fsp3) is 0.364. The minimum Gasteiger partial charge on any atom is -0.492 e. The van der Waals surface area contributed by atoms with Gasteiger partial charge >= 0.3 is 5.97 Å².